The van der Waals surface area contributed by atoms with Crippen molar-refractivity contribution in [3.05, 3.63) is 0 Å². The Morgan fingerprint density at radius 3 is 2.82 bits per heavy atom. The Morgan fingerprint density at radius 1 is 1.55 bits per heavy atom. The molecule has 64 valence electrons. The lowest BCUT2D eigenvalue weighted by molar-refractivity contribution is 0.0152. The van der Waals surface area contributed by atoms with Crippen LogP contribution in [0.1, 0.15) is 6.42 Å². The van der Waals surface area contributed by atoms with Gasteiger partial charge in [0, 0.05) is 7.11 Å². The molecule has 0 aliphatic carbocycles. The van der Waals surface area contributed by atoms with E-state index in [4.69, 9.17) is 19.8 Å². The summed E-state index contributed by atoms with van der Waals surface area (Å²) < 4.78 is 9.67. The molecule has 0 saturated carbocycles. The van der Waals surface area contributed by atoms with Gasteiger partial charge in [0.2, 0.25) is 0 Å². The van der Waals surface area contributed by atoms with Crippen LogP contribution in [0.15, 0.2) is 0 Å². The highest BCUT2D eigenvalue weighted by Crippen LogP contribution is 1.90. The molecule has 1 N–H and O–H groups in total. The predicted octanol–water partition coefficient (Wildman–Crippen LogP) is -0.0760. The lowest BCUT2D eigenvalue weighted by Gasteiger charge is -2.06. The van der Waals surface area contributed by atoms with Crippen LogP contribution in [0.3, 0.4) is 0 Å². The zero-order valence-corrected chi connectivity index (χ0v) is 6.62. The van der Waals surface area contributed by atoms with E-state index >= 15 is 0 Å². The van der Waals surface area contributed by atoms with Gasteiger partial charge in [-0.15, -0.1) is 0 Å². The average molecular weight is 159 g/mol. The summed E-state index contributed by atoms with van der Waals surface area (Å²) in [5.74, 6) is 0. The summed E-state index contributed by atoms with van der Waals surface area (Å²) in [6.07, 6.45) is -0.552. The highest BCUT2D eigenvalue weighted by Gasteiger charge is 2.01. The van der Waals surface area contributed by atoms with Crippen LogP contribution in [0.2, 0.25) is 0 Å². The Hall–Kier alpha value is -0.630. The zero-order chi connectivity index (χ0) is 8.53. The first-order valence-electron chi connectivity index (χ1n) is 3.43. The van der Waals surface area contributed by atoms with Gasteiger partial charge in [0.05, 0.1) is 38.4 Å². The van der Waals surface area contributed by atoms with E-state index in [1.165, 1.54) is 0 Å². The van der Waals surface area contributed by atoms with E-state index in [2.05, 4.69) is 0 Å². The third-order valence-electron chi connectivity index (χ3n) is 1.07. The molecule has 0 aromatic carbocycles. The largest absolute Gasteiger partial charge is 0.390 e. The number of hydrogen-bond donors (Lipinski definition) is 1. The molecule has 0 amide bonds. The van der Waals surface area contributed by atoms with Crippen molar-refractivity contribution in [2.75, 3.05) is 26.9 Å². The topological polar surface area (TPSA) is 62.5 Å². The number of methoxy groups -OCH3 is 1. The maximum absolute atomic E-state index is 8.96. The highest BCUT2D eigenvalue weighted by atomic mass is 16.5. The van der Waals surface area contributed by atoms with E-state index in [-0.39, 0.29) is 13.0 Å². The molecule has 0 radical (unpaired) electrons. The third-order valence-corrected chi connectivity index (χ3v) is 1.07. The average Bonchev–Trinajstić information content (AvgIpc) is 1.99. The summed E-state index contributed by atoms with van der Waals surface area (Å²) in [6, 6.07) is 1.85. The van der Waals surface area contributed by atoms with E-state index in [1.54, 1.807) is 7.11 Å². The molecule has 0 aromatic rings. The van der Waals surface area contributed by atoms with Crippen LogP contribution in [0.25, 0.3) is 0 Å². The van der Waals surface area contributed by atoms with E-state index in [1.807, 2.05) is 6.07 Å². The Labute approximate surface area is 66.3 Å². The fourth-order valence-electron chi connectivity index (χ4n) is 0.526. The molecule has 0 saturated heterocycles. The van der Waals surface area contributed by atoms with Crippen molar-refractivity contribution >= 4 is 0 Å². The minimum absolute atomic E-state index is 0.118. The van der Waals surface area contributed by atoms with Crippen LogP contribution in [-0.2, 0) is 9.47 Å². The van der Waals surface area contributed by atoms with Crippen molar-refractivity contribution < 1.29 is 14.6 Å². The van der Waals surface area contributed by atoms with Crippen molar-refractivity contribution in [1.82, 2.24) is 0 Å². The maximum atomic E-state index is 8.96. The quantitative estimate of drug-likeness (QED) is 0.551. The molecule has 0 aliphatic rings. The molecule has 0 aromatic heterocycles. The maximum Gasteiger partial charge on any atom is 0.0903 e. The van der Waals surface area contributed by atoms with Crippen molar-refractivity contribution in [2.24, 2.45) is 0 Å². The van der Waals surface area contributed by atoms with E-state index in [0.717, 1.165) is 0 Å². The van der Waals surface area contributed by atoms with Gasteiger partial charge >= 0.3 is 0 Å². The van der Waals surface area contributed by atoms with Crippen LogP contribution in [0, 0.1) is 11.3 Å². The third kappa shape index (κ3) is 7.26. The number of nitrogens with zero attached hydrogens (tertiary/aromatic N) is 1. The highest BCUT2D eigenvalue weighted by molar-refractivity contribution is 4.74. The van der Waals surface area contributed by atoms with Crippen molar-refractivity contribution in [2.45, 2.75) is 12.5 Å². The van der Waals surface area contributed by atoms with Gasteiger partial charge in [0.1, 0.15) is 0 Å². The van der Waals surface area contributed by atoms with E-state index in [0.29, 0.717) is 13.2 Å². The Balaban J connectivity index is 3.05. The Morgan fingerprint density at radius 2 is 2.27 bits per heavy atom. The van der Waals surface area contributed by atoms with Crippen molar-refractivity contribution in [1.29, 1.82) is 5.26 Å². The molecular formula is C7H13NO3. The molecule has 0 aliphatic heterocycles. The van der Waals surface area contributed by atoms with Gasteiger partial charge in [-0.3, -0.25) is 0 Å². The number of rotatable bonds is 6. The second-order valence-electron chi connectivity index (χ2n) is 2.08. The first-order chi connectivity index (χ1) is 5.31. The molecular weight excluding hydrogens is 146 g/mol. The first kappa shape index (κ1) is 10.4. The SMILES string of the molecule is COCCOCC(O)CC#N. The number of aliphatic hydroxyl groups excluding tert-OH is 1. The smallest absolute Gasteiger partial charge is 0.0903 e. The predicted molar refractivity (Wildman–Crippen MR) is 38.9 cm³/mol. The van der Waals surface area contributed by atoms with Crippen LogP contribution in [-0.4, -0.2) is 38.1 Å². The first-order valence-corrected chi connectivity index (χ1v) is 3.43. The molecule has 1 atom stereocenters. The van der Waals surface area contributed by atoms with Gasteiger partial charge in [0.25, 0.3) is 0 Å². The number of nitriles is 1. The lowest BCUT2D eigenvalue weighted by Crippen LogP contribution is -2.16. The molecule has 0 fully saturated rings. The van der Waals surface area contributed by atoms with Gasteiger partial charge in [-0.05, 0) is 0 Å². The fourth-order valence-corrected chi connectivity index (χ4v) is 0.526. The molecule has 1 unspecified atom stereocenters. The standard InChI is InChI=1S/C7H13NO3/c1-10-4-5-11-6-7(9)2-3-8/h7,9H,2,4-6H2,1H3. The summed E-state index contributed by atoms with van der Waals surface area (Å²) in [6.45, 7) is 1.18. The summed E-state index contributed by atoms with van der Waals surface area (Å²) in [5.41, 5.74) is 0. The van der Waals surface area contributed by atoms with Crippen LogP contribution < -0.4 is 0 Å². The molecule has 0 spiro atoms. The van der Waals surface area contributed by atoms with Gasteiger partial charge in [-0.25, -0.2) is 0 Å². The lowest BCUT2D eigenvalue weighted by atomic mass is 10.3. The minimum atomic E-state index is -0.670. The van der Waals surface area contributed by atoms with Crippen molar-refractivity contribution in [3.63, 3.8) is 0 Å². The number of aliphatic hydroxyl groups is 1. The Bertz CT molecular complexity index is 121. The van der Waals surface area contributed by atoms with Gasteiger partial charge < -0.3 is 14.6 Å². The molecule has 11 heavy (non-hydrogen) atoms. The van der Waals surface area contributed by atoms with E-state index < -0.39 is 6.10 Å². The van der Waals surface area contributed by atoms with Crippen LogP contribution in [0.4, 0.5) is 0 Å². The minimum Gasteiger partial charge on any atom is -0.390 e. The molecule has 0 rings (SSSR count). The number of hydrogen-bond acceptors (Lipinski definition) is 4. The summed E-state index contributed by atoms with van der Waals surface area (Å²) in [7, 11) is 1.58. The Kier molecular flexibility index (Phi) is 7.05. The monoisotopic (exact) mass is 159 g/mol. The molecule has 4 nitrogen and oxygen atoms in total. The van der Waals surface area contributed by atoms with Gasteiger partial charge in [0.15, 0.2) is 0 Å². The van der Waals surface area contributed by atoms with Gasteiger partial charge in [-0.2, -0.15) is 5.26 Å². The summed E-state index contributed by atoms with van der Waals surface area (Å²) in [5, 5.41) is 17.1. The molecule has 4 heteroatoms. The van der Waals surface area contributed by atoms with Crippen molar-refractivity contribution in [3.8, 4) is 6.07 Å². The second kappa shape index (κ2) is 7.48. The summed E-state index contributed by atoms with van der Waals surface area (Å²) in [4.78, 5) is 0. The van der Waals surface area contributed by atoms with Crippen LogP contribution >= 0.6 is 0 Å². The zero-order valence-electron chi connectivity index (χ0n) is 6.62. The summed E-state index contributed by atoms with van der Waals surface area (Å²) >= 11 is 0. The fraction of sp³-hybridized carbons (Fsp3) is 0.857. The van der Waals surface area contributed by atoms with E-state index in [9.17, 15) is 0 Å². The number of ether oxygens (including phenoxy) is 2. The van der Waals surface area contributed by atoms with Gasteiger partial charge in [-0.1, -0.05) is 0 Å². The van der Waals surface area contributed by atoms with Crippen LogP contribution in [0.5, 0.6) is 0 Å². The molecule has 0 heterocycles. The molecule has 0 bridgehead atoms. The normalized spacial score (nSPS) is 12.5. The second-order valence-corrected chi connectivity index (χ2v) is 2.08.